The van der Waals surface area contributed by atoms with E-state index in [1.54, 1.807) is 26.1 Å². The number of nitrogens with zero attached hydrogens (tertiary/aromatic N) is 2. The average Bonchev–Trinajstić information content (AvgIpc) is 3.36. The number of rotatable bonds is 11. The minimum Gasteiger partial charge on any atom is -0.493 e. The molecule has 2 unspecified atom stereocenters. The normalized spacial score (nSPS) is 15.7. The van der Waals surface area contributed by atoms with Crippen molar-refractivity contribution in [3.05, 3.63) is 53.7 Å². The summed E-state index contributed by atoms with van der Waals surface area (Å²) in [4.78, 5) is 57.3. The fourth-order valence-electron chi connectivity index (χ4n) is 4.99. The number of aromatic nitrogens is 1. The molecule has 1 fully saturated rings. The predicted octanol–water partition coefficient (Wildman–Crippen LogP) is 1.23. The van der Waals surface area contributed by atoms with Crippen molar-refractivity contribution in [2.45, 2.75) is 32.0 Å². The standard InChI is InChI=1S/C29H35N5O7/c1-17-28(37)34(15-25(35)31-17)16-26(36)32-22(12-19-13-30-21-9-7-6-8-20(19)21)29(38)33(2)14-18-10-23(39-3)27(41-5)24(11-18)40-4/h6-11,13,17,22,30H,12,14-16H2,1-5H3,(H,31,35)(H,32,36). The van der Waals surface area contributed by atoms with Crippen molar-refractivity contribution in [1.82, 2.24) is 25.4 Å². The van der Waals surface area contributed by atoms with Crippen LogP contribution in [0.2, 0.25) is 0 Å². The number of hydrogen-bond acceptors (Lipinski definition) is 7. The van der Waals surface area contributed by atoms with Gasteiger partial charge < -0.3 is 39.6 Å². The van der Waals surface area contributed by atoms with Gasteiger partial charge >= 0.3 is 0 Å². The zero-order chi connectivity index (χ0) is 29.7. The quantitative estimate of drug-likeness (QED) is 0.317. The lowest BCUT2D eigenvalue weighted by Gasteiger charge is -2.31. The first-order valence-corrected chi connectivity index (χ1v) is 13.1. The van der Waals surface area contributed by atoms with Gasteiger partial charge in [0.1, 0.15) is 25.2 Å². The van der Waals surface area contributed by atoms with Crippen molar-refractivity contribution in [2.24, 2.45) is 0 Å². The van der Waals surface area contributed by atoms with Crippen molar-refractivity contribution >= 4 is 34.5 Å². The number of benzene rings is 2. The molecule has 0 spiro atoms. The van der Waals surface area contributed by atoms with Crippen LogP contribution in [-0.4, -0.2) is 92.0 Å². The third kappa shape index (κ3) is 6.53. The van der Waals surface area contributed by atoms with Gasteiger partial charge in [0.25, 0.3) is 0 Å². The van der Waals surface area contributed by atoms with Crippen molar-refractivity contribution in [1.29, 1.82) is 0 Å². The molecule has 0 saturated carbocycles. The highest BCUT2D eigenvalue weighted by molar-refractivity contribution is 5.97. The SMILES string of the molecule is COc1cc(CN(C)C(=O)C(Cc2c[nH]c3ccccc23)NC(=O)CN2CC(=O)NC(C)C2=O)cc(OC)c1OC. The molecule has 0 bridgehead atoms. The van der Waals surface area contributed by atoms with Crippen LogP contribution >= 0.6 is 0 Å². The number of H-pyrrole nitrogens is 1. The van der Waals surface area contributed by atoms with Gasteiger partial charge in [0.15, 0.2) is 11.5 Å². The van der Waals surface area contributed by atoms with Gasteiger partial charge in [-0.1, -0.05) is 18.2 Å². The van der Waals surface area contributed by atoms with Crippen molar-refractivity contribution in [3.63, 3.8) is 0 Å². The number of para-hydroxylation sites is 1. The smallest absolute Gasteiger partial charge is 0.245 e. The number of carbonyl (C=O) groups is 4. The second-order valence-corrected chi connectivity index (χ2v) is 9.90. The van der Waals surface area contributed by atoms with Crippen LogP contribution in [0.15, 0.2) is 42.6 Å². The second-order valence-electron chi connectivity index (χ2n) is 9.90. The highest BCUT2D eigenvalue weighted by Crippen LogP contribution is 2.38. The minimum absolute atomic E-state index is 0.193. The molecule has 0 radical (unpaired) electrons. The monoisotopic (exact) mass is 565 g/mol. The van der Waals surface area contributed by atoms with Gasteiger partial charge in [-0.2, -0.15) is 0 Å². The van der Waals surface area contributed by atoms with Gasteiger partial charge in [0, 0.05) is 37.1 Å². The molecular weight excluding hydrogens is 530 g/mol. The maximum atomic E-state index is 13.8. The molecule has 218 valence electrons. The third-order valence-electron chi connectivity index (χ3n) is 6.98. The molecule has 4 amide bonds. The molecule has 3 aromatic rings. The van der Waals surface area contributed by atoms with Crippen LogP contribution in [0.3, 0.4) is 0 Å². The number of ether oxygens (including phenoxy) is 3. The van der Waals surface area contributed by atoms with Crippen LogP contribution < -0.4 is 24.8 Å². The highest BCUT2D eigenvalue weighted by atomic mass is 16.5. The highest BCUT2D eigenvalue weighted by Gasteiger charge is 2.32. The Labute approximate surface area is 237 Å². The molecule has 41 heavy (non-hydrogen) atoms. The fraction of sp³-hybridized carbons (Fsp3) is 0.379. The molecule has 4 rings (SSSR count). The van der Waals surface area contributed by atoms with Crippen molar-refractivity contribution in [2.75, 3.05) is 41.5 Å². The van der Waals surface area contributed by atoms with Gasteiger partial charge in [-0.15, -0.1) is 0 Å². The van der Waals surface area contributed by atoms with Crippen LogP contribution in [0.5, 0.6) is 17.2 Å². The van der Waals surface area contributed by atoms with Gasteiger partial charge in [-0.05, 0) is 36.2 Å². The average molecular weight is 566 g/mol. The van der Waals surface area contributed by atoms with Crippen LogP contribution in [-0.2, 0) is 32.1 Å². The van der Waals surface area contributed by atoms with E-state index in [0.29, 0.717) is 17.2 Å². The Morgan fingerprint density at radius 3 is 2.44 bits per heavy atom. The third-order valence-corrected chi connectivity index (χ3v) is 6.98. The minimum atomic E-state index is -0.945. The lowest BCUT2D eigenvalue weighted by atomic mass is 10.0. The summed E-state index contributed by atoms with van der Waals surface area (Å²) in [6.07, 6.45) is 2.02. The lowest BCUT2D eigenvalue weighted by molar-refractivity contribution is -0.146. The predicted molar refractivity (Wildman–Crippen MR) is 151 cm³/mol. The molecule has 1 aromatic heterocycles. The number of amides is 4. The first kappa shape index (κ1) is 29.2. The first-order chi connectivity index (χ1) is 19.6. The number of carbonyl (C=O) groups excluding carboxylic acids is 4. The molecule has 12 heteroatoms. The van der Waals surface area contributed by atoms with Crippen molar-refractivity contribution in [3.8, 4) is 17.2 Å². The van der Waals surface area contributed by atoms with E-state index in [0.717, 1.165) is 22.0 Å². The van der Waals surface area contributed by atoms with Gasteiger partial charge in [-0.25, -0.2) is 0 Å². The van der Waals surface area contributed by atoms with Crippen LogP contribution in [0.1, 0.15) is 18.1 Å². The van der Waals surface area contributed by atoms with E-state index in [2.05, 4.69) is 15.6 Å². The van der Waals surface area contributed by atoms with E-state index >= 15 is 0 Å². The summed E-state index contributed by atoms with van der Waals surface area (Å²) >= 11 is 0. The van der Waals surface area contributed by atoms with Crippen LogP contribution in [0.25, 0.3) is 10.9 Å². The molecule has 1 aliphatic heterocycles. The number of likely N-dealkylation sites (N-methyl/N-ethyl adjacent to an activating group) is 1. The zero-order valence-electron chi connectivity index (χ0n) is 23.8. The Hall–Kier alpha value is -4.74. The van der Waals surface area contributed by atoms with Gasteiger partial charge in [0.05, 0.1) is 21.3 Å². The maximum Gasteiger partial charge on any atom is 0.245 e. The van der Waals surface area contributed by atoms with E-state index in [9.17, 15) is 19.2 Å². The molecule has 0 aliphatic carbocycles. The number of nitrogens with one attached hydrogen (secondary N) is 3. The van der Waals surface area contributed by atoms with Gasteiger partial charge in [-0.3, -0.25) is 19.2 Å². The Bertz CT molecular complexity index is 1430. The molecule has 3 N–H and O–H groups in total. The Morgan fingerprint density at radius 1 is 1.10 bits per heavy atom. The number of piperazine rings is 1. The summed E-state index contributed by atoms with van der Waals surface area (Å²) in [5.74, 6) is -0.243. The van der Waals surface area contributed by atoms with E-state index in [1.165, 1.54) is 31.1 Å². The van der Waals surface area contributed by atoms with E-state index in [-0.39, 0.29) is 43.8 Å². The Balaban J connectivity index is 1.56. The maximum absolute atomic E-state index is 13.8. The number of hydrogen-bond donors (Lipinski definition) is 3. The Morgan fingerprint density at radius 2 is 1.78 bits per heavy atom. The molecule has 2 aromatic carbocycles. The summed E-state index contributed by atoms with van der Waals surface area (Å²) in [6, 6.07) is 9.52. The second kappa shape index (κ2) is 12.6. The molecule has 12 nitrogen and oxygen atoms in total. The number of aromatic amines is 1. The summed E-state index contributed by atoms with van der Waals surface area (Å²) in [5, 5.41) is 6.29. The first-order valence-electron chi connectivity index (χ1n) is 13.1. The topological polar surface area (TPSA) is 142 Å². The molecular formula is C29H35N5O7. The molecule has 2 atom stereocenters. The van der Waals surface area contributed by atoms with E-state index in [1.807, 2.05) is 30.5 Å². The summed E-state index contributed by atoms with van der Waals surface area (Å²) < 4.78 is 16.3. The summed E-state index contributed by atoms with van der Waals surface area (Å²) in [7, 11) is 6.18. The summed E-state index contributed by atoms with van der Waals surface area (Å²) in [6.45, 7) is 1.19. The molecule has 1 saturated heterocycles. The van der Waals surface area contributed by atoms with Crippen molar-refractivity contribution < 1.29 is 33.4 Å². The molecule has 1 aliphatic rings. The Kier molecular flexibility index (Phi) is 9.00. The molecule has 2 heterocycles. The fourth-order valence-corrected chi connectivity index (χ4v) is 4.99. The van der Waals surface area contributed by atoms with E-state index in [4.69, 9.17) is 14.2 Å². The largest absolute Gasteiger partial charge is 0.493 e. The van der Waals surface area contributed by atoms with Crippen LogP contribution in [0, 0.1) is 0 Å². The zero-order valence-corrected chi connectivity index (χ0v) is 23.8. The van der Waals surface area contributed by atoms with Gasteiger partial charge in [0.2, 0.25) is 29.4 Å². The van der Waals surface area contributed by atoms with Crippen LogP contribution in [0.4, 0.5) is 0 Å². The van der Waals surface area contributed by atoms with E-state index < -0.39 is 18.0 Å². The lowest BCUT2D eigenvalue weighted by Crippen LogP contribution is -2.59. The summed E-state index contributed by atoms with van der Waals surface area (Å²) in [5.41, 5.74) is 2.48. The number of fused-ring (bicyclic) bond motifs is 1. The number of methoxy groups -OCH3 is 3.